The number of ketones is 2. The predicted molar refractivity (Wildman–Crippen MR) is 214 cm³/mol. The number of hydrogen-bond acceptors (Lipinski definition) is 6. The van der Waals surface area contributed by atoms with Gasteiger partial charge in [-0.05, 0) is 64.5 Å². The van der Waals surface area contributed by atoms with E-state index in [9.17, 15) is 14.4 Å². The minimum Gasteiger partial charge on any atom is -0.520 e. The Hall–Kier alpha value is -5.01. The second-order valence-electron chi connectivity index (χ2n) is 13.4. The molecule has 0 saturated heterocycles. The summed E-state index contributed by atoms with van der Waals surface area (Å²) in [5.74, 6) is 0.182. The molecule has 0 aliphatic heterocycles. The van der Waals surface area contributed by atoms with E-state index in [1.54, 1.807) is 25.3 Å². The Kier molecular flexibility index (Phi) is 18.9. The van der Waals surface area contributed by atoms with Crippen LogP contribution in [0.1, 0.15) is 80.7 Å². The van der Waals surface area contributed by atoms with Gasteiger partial charge < -0.3 is 13.9 Å². The van der Waals surface area contributed by atoms with E-state index in [0.717, 1.165) is 22.3 Å². The van der Waals surface area contributed by atoms with Gasteiger partial charge in [-0.2, -0.15) is 0 Å². The molecule has 4 aromatic carbocycles. The Balaban J connectivity index is 0.000000787. The molecule has 1 unspecified atom stereocenters. The van der Waals surface area contributed by atoms with E-state index in [1.807, 2.05) is 143 Å². The summed E-state index contributed by atoms with van der Waals surface area (Å²) in [6.07, 6.45) is 3.69. The first-order valence-electron chi connectivity index (χ1n) is 16.6. The zero-order chi connectivity index (χ0) is 37.2. The van der Waals surface area contributed by atoms with Crippen molar-refractivity contribution >= 4 is 31.9 Å². The van der Waals surface area contributed by atoms with E-state index in [-0.39, 0.29) is 38.7 Å². The topological polar surface area (TPSA) is 78.9 Å². The van der Waals surface area contributed by atoms with Crippen LogP contribution in [-0.4, -0.2) is 40.1 Å². The number of carbonyl (C=O) groups is 3. The molecule has 0 bridgehead atoms. The van der Waals surface area contributed by atoms with Crippen molar-refractivity contribution in [1.29, 1.82) is 0 Å². The van der Waals surface area contributed by atoms with Crippen LogP contribution in [0.15, 0.2) is 139 Å². The maximum absolute atomic E-state index is 12.6. The fourth-order valence-electron chi connectivity index (χ4n) is 4.87. The van der Waals surface area contributed by atoms with Crippen molar-refractivity contribution in [3.05, 3.63) is 161 Å². The lowest BCUT2D eigenvalue weighted by Gasteiger charge is -2.32. The molecule has 0 N–H and O–H groups in total. The van der Waals surface area contributed by atoms with Gasteiger partial charge in [-0.15, -0.1) is 0 Å². The van der Waals surface area contributed by atoms with Crippen molar-refractivity contribution in [2.45, 2.75) is 67.1 Å². The Labute approximate surface area is 308 Å². The number of methoxy groups -OCH3 is 2. The molecule has 0 spiro atoms. The SMILES string of the molecule is C.COC(=O)C(C)(C)C(CC(=O)c1ccccc1)c1ccccc1.COC(O[Si](C)(C)C)=C(C)C.O=C(/C=C/c1ccccc1)c1ccccc1.[H+]. The van der Waals surface area contributed by atoms with Gasteiger partial charge in [0.25, 0.3) is 5.95 Å². The van der Waals surface area contributed by atoms with Crippen LogP contribution in [0.2, 0.25) is 19.6 Å². The molecule has 0 aliphatic carbocycles. The van der Waals surface area contributed by atoms with Gasteiger partial charge in [-0.25, -0.2) is 0 Å². The maximum Gasteiger partial charge on any atom is 1.00 e. The second kappa shape index (κ2) is 21.9. The molecular weight excluding hydrogens is 653 g/mol. The van der Waals surface area contributed by atoms with Crippen LogP contribution in [0.25, 0.3) is 6.08 Å². The van der Waals surface area contributed by atoms with Crippen molar-refractivity contribution < 1.29 is 29.7 Å². The molecule has 0 aromatic heterocycles. The fourth-order valence-corrected chi connectivity index (χ4v) is 5.71. The summed E-state index contributed by atoms with van der Waals surface area (Å²) in [6, 6.07) is 37.9. The first-order valence-corrected chi connectivity index (χ1v) is 20.0. The third-order valence-corrected chi connectivity index (χ3v) is 8.35. The lowest BCUT2D eigenvalue weighted by molar-refractivity contribution is -0.152. The molecular formula is C44H57O6Si+. The summed E-state index contributed by atoms with van der Waals surface area (Å²) < 4.78 is 15.7. The Morgan fingerprint density at radius 1 is 0.706 bits per heavy atom. The Morgan fingerprint density at radius 3 is 1.57 bits per heavy atom. The molecule has 51 heavy (non-hydrogen) atoms. The van der Waals surface area contributed by atoms with E-state index in [0.29, 0.717) is 11.5 Å². The number of Topliss-reactive ketones (excluding diaryl/α,β-unsaturated/α-hetero) is 1. The molecule has 0 heterocycles. The standard InChI is InChI=1S/C20H22O3.C15H12O.C8H18O2Si.CH4/c1-20(2,19(22)23-3)17(15-10-6-4-7-11-15)14-18(21)16-12-8-5-9-13-16;16-15(14-9-5-2-6-10-14)12-11-13-7-3-1-4-8-13;1-7(2)8(9-3)10-11(4,5)6;/h4-13,17H,14H2,1-3H3;1-12H;1-6H3;1H4/p+1/b;12-11+;;. The van der Waals surface area contributed by atoms with Crippen LogP contribution in [0, 0.1) is 5.41 Å². The van der Waals surface area contributed by atoms with Gasteiger partial charge in [0.05, 0.1) is 19.6 Å². The van der Waals surface area contributed by atoms with E-state index in [2.05, 4.69) is 19.6 Å². The van der Waals surface area contributed by atoms with Gasteiger partial charge in [-0.1, -0.05) is 135 Å². The van der Waals surface area contributed by atoms with E-state index in [4.69, 9.17) is 13.9 Å². The lowest BCUT2D eigenvalue weighted by atomic mass is 9.72. The predicted octanol–water partition coefficient (Wildman–Crippen LogP) is 11.3. The number of esters is 1. The molecule has 272 valence electrons. The Bertz CT molecular complexity index is 1680. The monoisotopic (exact) mass is 709 g/mol. The largest absolute Gasteiger partial charge is 1.00 e. The number of rotatable bonds is 12. The number of ether oxygens (including phenoxy) is 2. The summed E-state index contributed by atoms with van der Waals surface area (Å²) in [5.41, 5.74) is 3.68. The summed E-state index contributed by atoms with van der Waals surface area (Å²) >= 11 is 0. The average Bonchev–Trinajstić information content (AvgIpc) is 3.12. The third-order valence-electron chi connectivity index (χ3n) is 7.55. The highest BCUT2D eigenvalue weighted by molar-refractivity contribution is 6.70. The quantitative estimate of drug-likeness (QED) is 0.0479. The zero-order valence-electron chi connectivity index (χ0n) is 31.9. The Morgan fingerprint density at radius 2 is 1.16 bits per heavy atom. The average molecular weight is 710 g/mol. The van der Waals surface area contributed by atoms with Crippen molar-refractivity contribution in [2.75, 3.05) is 14.2 Å². The molecule has 0 amide bonds. The van der Waals surface area contributed by atoms with E-state index in [1.165, 1.54) is 7.11 Å². The first-order chi connectivity index (χ1) is 23.7. The smallest absolute Gasteiger partial charge is 0.520 e. The van der Waals surface area contributed by atoms with Crippen LogP contribution < -0.4 is 0 Å². The molecule has 7 heteroatoms. The number of hydrogen-bond donors (Lipinski definition) is 0. The molecule has 4 rings (SSSR count). The molecule has 6 nitrogen and oxygen atoms in total. The van der Waals surface area contributed by atoms with Gasteiger partial charge in [-0.3, -0.25) is 14.4 Å². The number of benzene rings is 4. The third kappa shape index (κ3) is 15.6. The summed E-state index contributed by atoms with van der Waals surface area (Å²) in [5, 5.41) is 0. The maximum atomic E-state index is 12.6. The number of allylic oxidation sites excluding steroid dienone is 2. The summed E-state index contributed by atoms with van der Waals surface area (Å²) in [4.78, 5) is 36.6. The van der Waals surface area contributed by atoms with Crippen LogP contribution >= 0.6 is 0 Å². The van der Waals surface area contributed by atoms with Gasteiger partial charge in [0, 0.05) is 29.0 Å². The van der Waals surface area contributed by atoms with Gasteiger partial charge in [0.2, 0.25) is 8.32 Å². The zero-order valence-corrected chi connectivity index (χ0v) is 31.9. The minimum atomic E-state index is -1.49. The molecule has 1 atom stereocenters. The molecule has 4 aromatic rings. The van der Waals surface area contributed by atoms with Crippen LogP contribution in [0.5, 0.6) is 0 Å². The van der Waals surface area contributed by atoms with Crippen molar-refractivity contribution in [1.82, 2.24) is 0 Å². The minimum absolute atomic E-state index is 0. The van der Waals surface area contributed by atoms with Crippen molar-refractivity contribution in [3.8, 4) is 0 Å². The van der Waals surface area contributed by atoms with E-state index < -0.39 is 13.7 Å². The van der Waals surface area contributed by atoms with Crippen molar-refractivity contribution in [3.63, 3.8) is 0 Å². The highest BCUT2D eigenvalue weighted by atomic mass is 28.4. The van der Waals surface area contributed by atoms with Crippen molar-refractivity contribution in [2.24, 2.45) is 5.41 Å². The molecule has 0 radical (unpaired) electrons. The van der Waals surface area contributed by atoms with Gasteiger partial charge >= 0.3 is 7.40 Å². The second-order valence-corrected chi connectivity index (χ2v) is 17.8. The van der Waals surface area contributed by atoms with Gasteiger partial charge in [0.1, 0.15) is 0 Å². The summed E-state index contributed by atoms with van der Waals surface area (Å²) in [6.45, 7) is 14.0. The molecule has 0 saturated carbocycles. The summed E-state index contributed by atoms with van der Waals surface area (Å²) in [7, 11) is 1.53. The van der Waals surface area contributed by atoms with Crippen LogP contribution in [0.4, 0.5) is 0 Å². The normalized spacial score (nSPS) is 11.2. The van der Waals surface area contributed by atoms with Crippen LogP contribution in [-0.2, 0) is 18.7 Å². The highest BCUT2D eigenvalue weighted by Crippen LogP contribution is 2.40. The number of carbonyl (C=O) groups excluding carboxylic acids is 3. The highest BCUT2D eigenvalue weighted by Gasteiger charge is 2.40. The fraction of sp³-hybridized carbons (Fsp3) is 0.295. The lowest BCUT2D eigenvalue weighted by Crippen LogP contribution is -2.34. The van der Waals surface area contributed by atoms with Crippen LogP contribution in [0.3, 0.4) is 0 Å². The molecule has 0 fully saturated rings. The molecule has 0 aliphatic rings. The first kappa shape index (κ1) is 44.0. The van der Waals surface area contributed by atoms with E-state index >= 15 is 0 Å². The van der Waals surface area contributed by atoms with Gasteiger partial charge in [0.15, 0.2) is 11.6 Å².